The highest BCUT2D eigenvalue weighted by molar-refractivity contribution is 6.77. The number of hydrogen-bond donors (Lipinski definition) is 2. The second-order valence-electron chi connectivity index (χ2n) is 16.5. The largest absolute Gasteiger partial charge is 0.454 e. The van der Waals surface area contributed by atoms with Crippen LogP contribution in [-0.2, 0) is 27.5 Å². The molecule has 8 atom stereocenters. The maximum atomic E-state index is 13.6. The molecule has 3 rings (SSSR count). The highest BCUT2D eigenvalue weighted by Crippen LogP contribution is 2.53. The van der Waals surface area contributed by atoms with Gasteiger partial charge in [0.05, 0.1) is 17.8 Å². The monoisotopic (exact) mass is 716 g/mol. The third-order valence-corrected chi connectivity index (χ3v) is 29.0. The molecule has 3 saturated heterocycles. The van der Waals surface area contributed by atoms with Crippen molar-refractivity contribution in [3.05, 3.63) is 0 Å². The molecule has 2 N–H and O–H groups in total. The minimum Gasteiger partial charge on any atom is -0.454 e. The third-order valence-electron chi connectivity index (χ3n) is 13.5. The molecule has 3 heterocycles. The lowest BCUT2D eigenvalue weighted by Gasteiger charge is -2.57. The number of ether oxygens (including phenoxy) is 2. The molecular weight excluding hydrogens is 645 g/mol. The van der Waals surface area contributed by atoms with Crippen LogP contribution in [0, 0.1) is 5.92 Å². The quantitative estimate of drug-likeness (QED) is 0.114. The Bertz CT molecular complexity index is 1010. The van der Waals surface area contributed by atoms with Crippen molar-refractivity contribution in [2.75, 3.05) is 6.61 Å². The predicted molar refractivity (Wildman–Crippen MR) is 197 cm³/mol. The summed E-state index contributed by atoms with van der Waals surface area (Å²) in [5.41, 5.74) is -3.18. The van der Waals surface area contributed by atoms with Gasteiger partial charge in [-0.25, -0.2) is 4.79 Å². The van der Waals surface area contributed by atoms with Gasteiger partial charge in [-0.3, -0.25) is 0 Å². The van der Waals surface area contributed by atoms with Crippen molar-refractivity contribution < 1.29 is 37.8 Å². The molecule has 0 aromatic rings. The lowest BCUT2D eigenvalue weighted by Crippen LogP contribution is -2.72. The van der Waals surface area contributed by atoms with Gasteiger partial charge >= 0.3 is 5.97 Å². The molecule has 0 aromatic carbocycles. The number of carbonyl (C=O) groups is 1. The number of esters is 1. The summed E-state index contributed by atoms with van der Waals surface area (Å²) in [4.78, 5) is 13.6. The van der Waals surface area contributed by atoms with Gasteiger partial charge in [-0.15, -0.1) is 0 Å². The summed E-state index contributed by atoms with van der Waals surface area (Å²) in [6.45, 7) is 31.3. The molecule has 8 nitrogen and oxygen atoms in total. The molecule has 0 aromatic heterocycles. The minimum absolute atomic E-state index is 0.212. The van der Waals surface area contributed by atoms with Crippen LogP contribution in [0.5, 0.6) is 0 Å². The maximum absolute atomic E-state index is 13.6. The summed E-state index contributed by atoms with van der Waals surface area (Å²) < 4.78 is 34.9. The topological polar surface area (TPSA) is 104 Å². The molecular formula is C36H72O8Si3. The van der Waals surface area contributed by atoms with Crippen molar-refractivity contribution in [3.8, 4) is 0 Å². The summed E-state index contributed by atoms with van der Waals surface area (Å²) in [5, 5.41) is 25.4. The highest BCUT2D eigenvalue weighted by Gasteiger charge is 2.71. The molecule has 0 spiro atoms. The molecule has 0 amide bonds. The normalized spacial score (nSPS) is 34.1. The van der Waals surface area contributed by atoms with Gasteiger partial charge in [0, 0.05) is 18.9 Å². The van der Waals surface area contributed by atoms with Crippen LogP contribution in [0.3, 0.4) is 0 Å². The van der Waals surface area contributed by atoms with Crippen LogP contribution in [0.25, 0.3) is 0 Å². The van der Waals surface area contributed by atoms with Gasteiger partial charge in [0.1, 0.15) is 11.7 Å². The third kappa shape index (κ3) is 7.06. The molecule has 3 fully saturated rings. The predicted octanol–water partition coefficient (Wildman–Crippen LogP) is 8.32. The van der Waals surface area contributed by atoms with E-state index in [0.717, 1.165) is 36.3 Å². The van der Waals surface area contributed by atoms with Crippen molar-refractivity contribution in [1.82, 2.24) is 0 Å². The lowest BCUT2D eigenvalue weighted by molar-refractivity contribution is -0.272. The fourth-order valence-electron chi connectivity index (χ4n) is 9.81. The van der Waals surface area contributed by atoms with E-state index in [2.05, 4.69) is 90.0 Å². The van der Waals surface area contributed by atoms with Crippen LogP contribution >= 0.6 is 0 Å². The fourth-order valence-corrected chi connectivity index (χ4v) is 21.4. The smallest absolute Gasteiger partial charge is 0.341 e. The van der Waals surface area contributed by atoms with Gasteiger partial charge in [0.25, 0.3) is 0 Å². The van der Waals surface area contributed by atoms with Gasteiger partial charge in [0.2, 0.25) is 0 Å². The van der Waals surface area contributed by atoms with Gasteiger partial charge in [0.15, 0.2) is 36.7 Å². The number of hydrogen-bond acceptors (Lipinski definition) is 8. The van der Waals surface area contributed by atoms with Crippen LogP contribution in [0.2, 0.25) is 52.9 Å². The summed E-state index contributed by atoms with van der Waals surface area (Å²) in [5.74, 6) is -1.19. The first-order valence-corrected chi connectivity index (χ1v) is 26.3. The zero-order valence-electron chi connectivity index (χ0n) is 32.5. The maximum Gasteiger partial charge on any atom is 0.341 e. The van der Waals surface area contributed by atoms with E-state index in [-0.39, 0.29) is 12.5 Å². The molecule has 276 valence electrons. The van der Waals surface area contributed by atoms with Crippen LogP contribution < -0.4 is 0 Å². The van der Waals surface area contributed by atoms with Crippen LogP contribution in [0.4, 0.5) is 0 Å². The van der Waals surface area contributed by atoms with Gasteiger partial charge in [-0.1, -0.05) is 90.0 Å². The Morgan fingerprint density at radius 1 is 0.809 bits per heavy atom. The van der Waals surface area contributed by atoms with Crippen molar-refractivity contribution in [2.24, 2.45) is 5.92 Å². The molecule has 47 heavy (non-hydrogen) atoms. The van der Waals surface area contributed by atoms with E-state index in [0.29, 0.717) is 36.1 Å². The standard InChI is InChI=1S/C36H72O8Si3/c1-15-45(16-2,17-3)43-30-23-34(14,44-46(18-4,19-5)20-6)29-21-22-35(38)31(41-29)32(42-33(35)37)36(30,39)28(13)24-40-47(25(7)8,26(9)10)27(11)12/h25-32,38-39H,15-24H2,1-14H3/t28-,29-,30+,31-,32+,34-,35+,36-/m1/s1. The van der Waals surface area contributed by atoms with E-state index in [1.165, 1.54) is 0 Å². The number of rotatable bonds is 17. The minimum atomic E-state index is -2.32. The number of fused-ring (bicyclic) bond motifs is 1. The lowest BCUT2D eigenvalue weighted by atomic mass is 9.68. The fraction of sp³-hybridized carbons (Fsp3) is 0.972. The summed E-state index contributed by atoms with van der Waals surface area (Å²) in [6, 6.07) is 5.66. The number of aliphatic hydroxyl groups is 2. The van der Waals surface area contributed by atoms with E-state index in [1.807, 2.05) is 6.92 Å². The van der Waals surface area contributed by atoms with Crippen LogP contribution in [0.1, 0.15) is 116 Å². The van der Waals surface area contributed by atoms with Crippen molar-refractivity contribution in [1.29, 1.82) is 0 Å². The van der Waals surface area contributed by atoms with E-state index in [9.17, 15) is 15.0 Å². The van der Waals surface area contributed by atoms with Crippen molar-refractivity contribution in [2.45, 2.75) is 210 Å². The van der Waals surface area contributed by atoms with E-state index in [1.54, 1.807) is 0 Å². The average molecular weight is 717 g/mol. The number of carbonyl (C=O) groups excluding carboxylic acids is 1. The Morgan fingerprint density at radius 3 is 1.74 bits per heavy atom. The summed E-state index contributed by atoms with van der Waals surface area (Å²) in [6.07, 6.45) is -2.08. The first kappa shape index (κ1) is 41.3. The van der Waals surface area contributed by atoms with Gasteiger partial charge in [-0.2, -0.15) is 0 Å². The van der Waals surface area contributed by atoms with E-state index >= 15 is 0 Å². The van der Waals surface area contributed by atoms with Crippen LogP contribution in [-0.4, -0.2) is 89.0 Å². The molecule has 2 bridgehead atoms. The second kappa shape index (κ2) is 15.2. The first-order valence-electron chi connectivity index (χ1n) is 19.1. The van der Waals surface area contributed by atoms with Gasteiger partial charge in [-0.05, 0) is 72.7 Å². The molecule has 11 heteroatoms. The van der Waals surface area contributed by atoms with Gasteiger partial charge < -0.3 is 33.0 Å². The second-order valence-corrected chi connectivity index (χ2v) is 31.3. The first-order chi connectivity index (χ1) is 21.8. The summed E-state index contributed by atoms with van der Waals surface area (Å²) in [7, 11) is -6.79. The Balaban J connectivity index is 2.27. The molecule has 0 aliphatic carbocycles. The Kier molecular flexibility index (Phi) is 13.4. The summed E-state index contributed by atoms with van der Waals surface area (Å²) >= 11 is 0. The molecule has 0 unspecified atom stereocenters. The zero-order valence-corrected chi connectivity index (χ0v) is 35.5. The molecule has 3 aliphatic heterocycles. The average Bonchev–Trinajstić information content (AvgIpc) is 3.30. The zero-order chi connectivity index (χ0) is 35.8. The molecule has 0 saturated carbocycles. The Morgan fingerprint density at radius 2 is 1.30 bits per heavy atom. The highest BCUT2D eigenvalue weighted by atomic mass is 28.4. The van der Waals surface area contributed by atoms with E-state index in [4.69, 9.17) is 22.8 Å². The Labute approximate surface area is 290 Å². The SMILES string of the molecule is CC[Si](CC)(CC)O[C@H]1C[C@@](C)(O[Si](CC)(CC)CC)[C@H]2CC[C@@]3(O)C(=O)O[C@@H]([C@H]3O2)[C@@]1(O)[C@H](C)CO[Si](C(C)C)(C(C)C)C(C)C. The molecule has 3 aliphatic rings. The van der Waals surface area contributed by atoms with Crippen LogP contribution in [0.15, 0.2) is 0 Å². The van der Waals surface area contributed by atoms with Crippen molar-refractivity contribution in [3.63, 3.8) is 0 Å². The van der Waals surface area contributed by atoms with Crippen molar-refractivity contribution >= 4 is 30.9 Å². The Hall–Kier alpha value is -0.119. The molecule has 0 radical (unpaired) electrons. The van der Waals surface area contributed by atoms with E-state index < -0.39 is 72.0 Å².